The Kier molecular flexibility index (Phi) is 7.13. The number of rotatable bonds is 9. The number of carboxylic acid groups (broad SMARTS) is 1. The van der Waals surface area contributed by atoms with E-state index in [1.54, 1.807) is 0 Å². The molecule has 0 fully saturated rings. The first kappa shape index (κ1) is 24.1. The molecular weight excluding hydrogens is 460 g/mol. The number of benzene rings is 4. The SMILES string of the molecule is CN(Cc1ccccc1)c1cccc2c(OCc3ccccc3)c(Cc3ccccc3)c(C(=O)O)nc12. The summed E-state index contributed by atoms with van der Waals surface area (Å²) in [4.78, 5) is 19.3. The van der Waals surface area contributed by atoms with Gasteiger partial charge in [-0.25, -0.2) is 9.78 Å². The standard InChI is InChI=1S/C32H28N2O3/c1-34(21-24-14-7-3-8-15-24)28-19-11-18-26-29(28)33-30(32(35)36)27(20-23-12-5-2-6-13-23)31(26)37-22-25-16-9-4-10-17-25/h2-19H,20-22H2,1H3,(H,35,36). The Bertz CT molecular complexity index is 1500. The van der Waals surface area contributed by atoms with Gasteiger partial charge in [0.1, 0.15) is 12.4 Å². The smallest absolute Gasteiger partial charge is 0.354 e. The molecule has 0 aliphatic heterocycles. The molecule has 1 heterocycles. The number of aromatic carboxylic acids is 1. The van der Waals surface area contributed by atoms with Crippen molar-refractivity contribution in [1.29, 1.82) is 0 Å². The van der Waals surface area contributed by atoms with Crippen LogP contribution in [-0.2, 0) is 19.6 Å². The van der Waals surface area contributed by atoms with Crippen molar-refractivity contribution in [3.8, 4) is 5.75 Å². The van der Waals surface area contributed by atoms with E-state index in [0.29, 0.717) is 36.4 Å². The van der Waals surface area contributed by atoms with Gasteiger partial charge in [0.2, 0.25) is 0 Å². The number of nitrogens with zero attached hydrogens (tertiary/aromatic N) is 2. The second kappa shape index (κ2) is 11.0. The number of para-hydroxylation sites is 1. The largest absolute Gasteiger partial charge is 0.488 e. The van der Waals surface area contributed by atoms with Crippen LogP contribution in [0.5, 0.6) is 5.75 Å². The fourth-order valence-electron chi connectivity index (χ4n) is 4.57. The first-order chi connectivity index (χ1) is 18.1. The minimum Gasteiger partial charge on any atom is -0.488 e. The van der Waals surface area contributed by atoms with E-state index in [0.717, 1.165) is 27.8 Å². The number of carboxylic acids is 1. The molecule has 0 saturated heterocycles. The lowest BCUT2D eigenvalue weighted by Gasteiger charge is -2.23. The number of anilines is 1. The first-order valence-corrected chi connectivity index (χ1v) is 12.2. The average Bonchev–Trinajstić information content (AvgIpc) is 2.93. The van der Waals surface area contributed by atoms with Crippen LogP contribution in [0.3, 0.4) is 0 Å². The van der Waals surface area contributed by atoms with Crippen molar-refractivity contribution in [2.24, 2.45) is 0 Å². The van der Waals surface area contributed by atoms with Gasteiger partial charge in [-0.05, 0) is 28.8 Å². The minimum absolute atomic E-state index is 0.0139. The van der Waals surface area contributed by atoms with Crippen molar-refractivity contribution in [3.05, 3.63) is 137 Å². The molecule has 0 unspecified atom stereocenters. The molecule has 0 amide bonds. The molecule has 0 aliphatic rings. The maximum Gasteiger partial charge on any atom is 0.354 e. The molecule has 5 rings (SSSR count). The van der Waals surface area contributed by atoms with E-state index in [1.165, 1.54) is 0 Å². The third-order valence-corrected chi connectivity index (χ3v) is 6.37. The van der Waals surface area contributed by atoms with Crippen LogP contribution in [0.2, 0.25) is 0 Å². The van der Waals surface area contributed by atoms with Gasteiger partial charge in [0.15, 0.2) is 5.69 Å². The summed E-state index contributed by atoms with van der Waals surface area (Å²) in [6.07, 6.45) is 0.402. The van der Waals surface area contributed by atoms with Gasteiger partial charge in [0.25, 0.3) is 0 Å². The zero-order valence-electron chi connectivity index (χ0n) is 20.7. The highest BCUT2D eigenvalue weighted by Gasteiger charge is 2.23. The van der Waals surface area contributed by atoms with Crippen LogP contribution in [0.25, 0.3) is 10.9 Å². The number of pyridine rings is 1. The van der Waals surface area contributed by atoms with E-state index >= 15 is 0 Å². The molecule has 5 aromatic rings. The van der Waals surface area contributed by atoms with Crippen LogP contribution >= 0.6 is 0 Å². The van der Waals surface area contributed by atoms with Crippen LogP contribution in [0.4, 0.5) is 5.69 Å². The number of carbonyl (C=O) groups is 1. The van der Waals surface area contributed by atoms with Crippen LogP contribution in [0.15, 0.2) is 109 Å². The van der Waals surface area contributed by atoms with E-state index in [4.69, 9.17) is 9.72 Å². The Morgan fingerprint density at radius 3 is 2.00 bits per heavy atom. The highest BCUT2D eigenvalue weighted by molar-refractivity contribution is 6.00. The molecule has 1 aromatic heterocycles. The van der Waals surface area contributed by atoms with Gasteiger partial charge in [0, 0.05) is 31.0 Å². The molecule has 0 saturated carbocycles. The molecule has 0 radical (unpaired) electrons. The predicted octanol–water partition coefficient (Wildman–Crippen LogP) is 6.74. The molecule has 0 bridgehead atoms. The van der Waals surface area contributed by atoms with E-state index in [2.05, 4.69) is 17.0 Å². The molecule has 0 aliphatic carbocycles. The summed E-state index contributed by atoms with van der Waals surface area (Å²) in [6, 6.07) is 35.8. The Hall–Kier alpha value is -4.64. The second-order valence-corrected chi connectivity index (χ2v) is 9.02. The topological polar surface area (TPSA) is 62.7 Å². The number of fused-ring (bicyclic) bond motifs is 1. The summed E-state index contributed by atoms with van der Waals surface area (Å²) >= 11 is 0. The predicted molar refractivity (Wildman–Crippen MR) is 147 cm³/mol. The Morgan fingerprint density at radius 1 is 0.784 bits per heavy atom. The van der Waals surface area contributed by atoms with Crippen molar-refractivity contribution in [2.75, 3.05) is 11.9 Å². The second-order valence-electron chi connectivity index (χ2n) is 9.02. The van der Waals surface area contributed by atoms with E-state index < -0.39 is 5.97 Å². The normalized spacial score (nSPS) is 10.8. The van der Waals surface area contributed by atoms with Crippen molar-refractivity contribution < 1.29 is 14.6 Å². The highest BCUT2D eigenvalue weighted by atomic mass is 16.5. The monoisotopic (exact) mass is 488 g/mol. The van der Waals surface area contributed by atoms with Gasteiger partial charge < -0.3 is 14.7 Å². The summed E-state index contributed by atoms with van der Waals surface area (Å²) in [5.41, 5.74) is 5.20. The zero-order chi connectivity index (χ0) is 25.6. The van der Waals surface area contributed by atoms with Crippen molar-refractivity contribution in [3.63, 3.8) is 0 Å². The zero-order valence-corrected chi connectivity index (χ0v) is 20.7. The molecule has 0 spiro atoms. The Labute approximate surface area is 216 Å². The molecule has 4 aromatic carbocycles. The molecule has 5 heteroatoms. The summed E-state index contributed by atoms with van der Waals surface area (Å²) < 4.78 is 6.43. The average molecular weight is 489 g/mol. The fourth-order valence-corrected chi connectivity index (χ4v) is 4.57. The quantitative estimate of drug-likeness (QED) is 0.249. The fraction of sp³-hybridized carbons (Fsp3) is 0.125. The summed E-state index contributed by atoms with van der Waals surface area (Å²) in [5.74, 6) is -0.511. The molecule has 37 heavy (non-hydrogen) atoms. The molecule has 0 atom stereocenters. The van der Waals surface area contributed by atoms with Crippen molar-refractivity contribution in [1.82, 2.24) is 4.98 Å². The van der Waals surface area contributed by atoms with Crippen LogP contribution in [0.1, 0.15) is 32.7 Å². The lowest BCUT2D eigenvalue weighted by molar-refractivity contribution is 0.0689. The van der Waals surface area contributed by atoms with Gasteiger partial charge in [0.05, 0.1) is 11.2 Å². The van der Waals surface area contributed by atoms with Crippen molar-refractivity contribution >= 4 is 22.6 Å². The summed E-state index contributed by atoms with van der Waals surface area (Å²) in [6.45, 7) is 0.987. The maximum atomic E-state index is 12.5. The van der Waals surface area contributed by atoms with Crippen molar-refractivity contribution in [2.45, 2.75) is 19.6 Å². The third-order valence-electron chi connectivity index (χ3n) is 6.37. The van der Waals surface area contributed by atoms with E-state index in [-0.39, 0.29) is 5.69 Å². The first-order valence-electron chi connectivity index (χ1n) is 12.2. The van der Waals surface area contributed by atoms with Gasteiger partial charge in [-0.15, -0.1) is 0 Å². The Morgan fingerprint density at radius 2 is 1.38 bits per heavy atom. The number of hydrogen-bond acceptors (Lipinski definition) is 4. The summed E-state index contributed by atoms with van der Waals surface area (Å²) in [5, 5.41) is 11.0. The minimum atomic E-state index is -1.07. The van der Waals surface area contributed by atoms with Gasteiger partial charge in [-0.2, -0.15) is 0 Å². The lowest BCUT2D eigenvalue weighted by Crippen LogP contribution is -2.18. The highest BCUT2D eigenvalue weighted by Crippen LogP contribution is 2.37. The lowest BCUT2D eigenvalue weighted by atomic mass is 9.99. The molecular formula is C32H28N2O3. The van der Waals surface area contributed by atoms with Crippen LogP contribution in [-0.4, -0.2) is 23.1 Å². The van der Waals surface area contributed by atoms with Gasteiger partial charge >= 0.3 is 5.97 Å². The molecule has 1 N–H and O–H groups in total. The van der Waals surface area contributed by atoms with Gasteiger partial charge in [-0.1, -0.05) is 97.1 Å². The molecule has 184 valence electrons. The number of ether oxygens (including phenoxy) is 1. The van der Waals surface area contributed by atoms with E-state index in [1.807, 2.05) is 104 Å². The summed E-state index contributed by atoms with van der Waals surface area (Å²) in [7, 11) is 1.99. The number of hydrogen-bond donors (Lipinski definition) is 1. The van der Waals surface area contributed by atoms with Gasteiger partial charge in [-0.3, -0.25) is 0 Å². The Balaban J connectivity index is 1.65. The van der Waals surface area contributed by atoms with Crippen LogP contribution < -0.4 is 9.64 Å². The maximum absolute atomic E-state index is 12.5. The van der Waals surface area contributed by atoms with E-state index in [9.17, 15) is 9.90 Å². The van der Waals surface area contributed by atoms with Crippen LogP contribution in [0, 0.1) is 0 Å². The molecule has 5 nitrogen and oxygen atoms in total. The third kappa shape index (κ3) is 5.46. The number of aromatic nitrogens is 1.